The number of primary amides is 1. The molecule has 6 nitrogen and oxygen atoms in total. The number of carbonyl (C=O) groups is 2. The van der Waals surface area contributed by atoms with Gasteiger partial charge in [0.2, 0.25) is 11.8 Å². The Kier molecular flexibility index (Phi) is 5.81. The topological polar surface area (TPSA) is 107 Å². The summed E-state index contributed by atoms with van der Waals surface area (Å²) in [6.45, 7) is 2.81. The largest absolute Gasteiger partial charge is 0.494 e. The predicted octanol–water partition coefficient (Wildman–Crippen LogP) is -0.0958. The molecule has 6 heteroatoms. The Hall–Kier alpha value is -2.08. The predicted molar refractivity (Wildman–Crippen MR) is 71.2 cm³/mol. The standard InChI is InChI=1S/C13H19N3O3/c1-2-19-10-5-3-4-9(6-10)8-16-13(18)11(14)7-12(15)17/h3-6,11H,2,7-8,14H2,1H3,(H2,15,17)(H,16,18). The smallest absolute Gasteiger partial charge is 0.237 e. The average Bonchev–Trinajstić information content (AvgIpc) is 2.36. The van der Waals surface area contributed by atoms with Gasteiger partial charge in [-0.25, -0.2) is 0 Å². The van der Waals surface area contributed by atoms with Crippen LogP contribution in [0.4, 0.5) is 0 Å². The first-order chi connectivity index (χ1) is 9.02. The molecule has 0 aromatic heterocycles. The highest BCUT2D eigenvalue weighted by atomic mass is 16.5. The molecule has 0 saturated heterocycles. The summed E-state index contributed by atoms with van der Waals surface area (Å²) in [7, 11) is 0. The quantitative estimate of drug-likeness (QED) is 0.640. The normalized spacial score (nSPS) is 11.7. The van der Waals surface area contributed by atoms with E-state index in [9.17, 15) is 9.59 Å². The molecule has 5 N–H and O–H groups in total. The van der Waals surface area contributed by atoms with Crippen LogP contribution in [0.3, 0.4) is 0 Å². The molecule has 0 heterocycles. The highest BCUT2D eigenvalue weighted by Gasteiger charge is 2.15. The lowest BCUT2D eigenvalue weighted by atomic mass is 10.2. The Bertz CT molecular complexity index is 449. The van der Waals surface area contributed by atoms with E-state index in [1.165, 1.54) is 0 Å². The van der Waals surface area contributed by atoms with Gasteiger partial charge in [0.15, 0.2) is 0 Å². The fourth-order valence-corrected chi connectivity index (χ4v) is 1.54. The molecule has 0 aliphatic heterocycles. The maximum atomic E-state index is 11.6. The van der Waals surface area contributed by atoms with Crippen LogP contribution in [0, 0.1) is 0 Å². The molecule has 1 aromatic carbocycles. The van der Waals surface area contributed by atoms with Gasteiger partial charge in [-0.3, -0.25) is 9.59 Å². The number of benzene rings is 1. The van der Waals surface area contributed by atoms with Gasteiger partial charge in [-0.05, 0) is 24.6 Å². The van der Waals surface area contributed by atoms with Crippen LogP contribution in [0.2, 0.25) is 0 Å². The van der Waals surface area contributed by atoms with Crippen LogP contribution in [0.25, 0.3) is 0 Å². The summed E-state index contributed by atoms with van der Waals surface area (Å²) in [6.07, 6.45) is -0.162. The van der Waals surface area contributed by atoms with E-state index in [4.69, 9.17) is 16.2 Å². The van der Waals surface area contributed by atoms with Crippen molar-refractivity contribution in [3.05, 3.63) is 29.8 Å². The lowest BCUT2D eigenvalue weighted by Gasteiger charge is -2.11. The van der Waals surface area contributed by atoms with E-state index in [-0.39, 0.29) is 6.42 Å². The van der Waals surface area contributed by atoms with Crippen LogP contribution in [-0.4, -0.2) is 24.5 Å². The summed E-state index contributed by atoms with van der Waals surface area (Å²) in [4.78, 5) is 22.2. The molecule has 0 fully saturated rings. The summed E-state index contributed by atoms with van der Waals surface area (Å²) in [5.74, 6) is -0.253. The molecule has 1 unspecified atom stereocenters. The maximum absolute atomic E-state index is 11.6. The van der Waals surface area contributed by atoms with Gasteiger partial charge < -0.3 is 21.5 Å². The SMILES string of the molecule is CCOc1cccc(CNC(=O)C(N)CC(N)=O)c1. The lowest BCUT2D eigenvalue weighted by molar-refractivity contribution is -0.126. The van der Waals surface area contributed by atoms with E-state index in [2.05, 4.69) is 5.32 Å². The molecule has 104 valence electrons. The lowest BCUT2D eigenvalue weighted by Crippen LogP contribution is -2.42. The molecule has 19 heavy (non-hydrogen) atoms. The highest BCUT2D eigenvalue weighted by Crippen LogP contribution is 2.12. The first kappa shape index (κ1) is 15.0. The molecule has 0 spiro atoms. The van der Waals surface area contributed by atoms with E-state index >= 15 is 0 Å². The third-order valence-corrected chi connectivity index (χ3v) is 2.43. The third kappa shape index (κ3) is 5.39. The molecule has 1 rings (SSSR count). The van der Waals surface area contributed by atoms with Crippen LogP contribution in [0.1, 0.15) is 18.9 Å². The summed E-state index contributed by atoms with van der Waals surface area (Å²) < 4.78 is 5.35. The van der Waals surface area contributed by atoms with E-state index in [0.717, 1.165) is 11.3 Å². The number of hydrogen-bond acceptors (Lipinski definition) is 4. The van der Waals surface area contributed by atoms with Gasteiger partial charge in [-0.1, -0.05) is 12.1 Å². The van der Waals surface area contributed by atoms with Gasteiger partial charge in [-0.2, -0.15) is 0 Å². The number of ether oxygens (including phenoxy) is 1. The molecule has 0 aliphatic carbocycles. The zero-order chi connectivity index (χ0) is 14.3. The van der Waals surface area contributed by atoms with Crippen molar-refractivity contribution < 1.29 is 14.3 Å². The van der Waals surface area contributed by atoms with Gasteiger partial charge >= 0.3 is 0 Å². The number of carbonyl (C=O) groups excluding carboxylic acids is 2. The third-order valence-electron chi connectivity index (χ3n) is 2.43. The maximum Gasteiger partial charge on any atom is 0.237 e. The van der Waals surface area contributed by atoms with Gasteiger partial charge in [0.05, 0.1) is 19.1 Å². The van der Waals surface area contributed by atoms with Crippen LogP contribution in [0.15, 0.2) is 24.3 Å². The Morgan fingerprint density at radius 1 is 1.42 bits per heavy atom. The first-order valence-corrected chi connectivity index (χ1v) is 6.06. The van der Waals surface area contributed by atoms with Gasteiger partial charge in [0, 0.05) is 6.54 Å². The molecular weight excluding hydrogens is 246 g/mol. The van der Waals surface area contributed by atoms with Crippen molar-refractivity contribution >= 4 is 11.8 Å². The Balaban J connectivity index is 2.49. The number of nitrogens with one attached hydrogen (secondary N) is 1. The number of nitrogens with two attached hydrogens (primary N) is 2. The Morgan fingerprint density at radius 2 is 2.16 bits per heavy atom. The molecule has 0 saturated carbocycles. The molecule has 2 amide bonds. The van der Waals surface area contributed by atoms with Gasteiger partial charge in [0.25, 0.3) is 0 Å². The van der Waals surface area contributed by atoms with Crippen molar-refractivity contribution in [2.45, 2.75) is 25.9 Å². The number of rotatable bonds is 7. The van der Waals surface area contributed by atoms with Crippen molar-refractivity contribution in [1.29, 1.82) is 0 Å². The highest BCUT2D eigenvalue weighted by molar-refractivity contribution is 5.87. The van der Waals surface area contributed by atoms with Crippen LogP contribution in [-0.2, 0) is 16.1 Å². The molecule has 0 radical (unpaired) electrons. The fraction of sp³-hybridized carbons (Fsp3) is 0.385. The molecule has 0 bridgehead atoms. The second-order valence-electron chi connectivity index (χ2n) is 4.08. The Morgan fingerprint density at radius 3 is 2.79 bits per heavy atom. The van der Waals surface area contributed by atoms with Gasteiger partial charge in [-0.15, -0.1) is 0 Å². The fourth-order valence-electron chi connectivity index (χ4n) is 1.54. The van der Waals surface area contributed by atoms with Crippen molar-refractivity contribution in [3.8, 4) is 5.75 Å². The Labute approximate surface area is 112 Å². The summed E-state index contributed by atoms with van der Waals surface area (Å²) >= 11 is 0. The zero-order valence-corrected chi connectivity index (χ0v) is 10.9. The monoisotopic (exact) mass is 265 g/mol. The summed E-state index contributed by atoms with van der Waals surface area (Å²) in [5.41, 5.74) is 11.4. The molecule has 0 aliphatic rings. The molecular formula is C13H19N3O3. The van der Waals surface area contributed by atoms with Crippen molar-refractivity contribution in [2.75, 3.05) is 6.61 Å². The minimum Gasteiger partial charge on any atom is -0.494 e. The van der Waals surface area contributed by atoms with E-state index in [1.807, 2.05) is 31.2 Å². The van der Waals surface area contributed by atoms with Crippen molar-refractivity contribution in [1.82, 2.24) is 5.32 Å². The molecule has 1 aromatic rings. The first-order valence-electron chi connectivity index (χ1n) is 6.06. The van der Waals surface area contributed by atoms with Crippen molar-refractivity contribution in [2.24, 2.45) is 11.5 Å². The zero-order valence-electron chi connectivity index (χ0n) is 10.9. The minimum atomic E-state index is -0.910. The van der Waals surface area contributed by atoms with Crippen LogP contribution >= 0.6 is 0 Å². The minimum absolute atomic E-state index is 0.162. The van der Waals surface area contributed by atoms with Crippen LogP contribution in [0.5, 0.6) is 5.75 Å². The average molecular weight is 265 g/mol. The van der Waals surface area contributed by atoms with E-state index < -0.39 is 17.9 Å². The van der Waals surface area contributed by atoms with Gasteiger partial charge in [0.1, 0.15) is 5.75 Å². The van der Waals surface area contributed by atoms with E-state index in [0.29, 0.717) is 13.2 Å². The number of amides is 2. The second-order valence-corrected chi connectivity index (χ2v) is 4.08. The summed E-state index contributed by atoms with van der Waals surface area (Å²) in [5, 5.41) is 2.65. The second kappa shape index (κ2) is 7.38. The van der Waals surface area contributed by atoms with Crippen LogP contribution < -0.4 is 21.5 Å². The number of hydrogen-bond donors (Lipinski definition) is 3. The van der Waals surface area contributed by atoms with E-state index in [1.54, 1.807) is 0 Å². The summed E-state index contributed by atoms with van der Waals surface area (Å²) in [6, 6.07) is 6.47. The molecule has 1 atom stereocenters. The van der Waals surface area contributed by atoms with Crippen molar-refractivity contribution in [3.63, 3.8) is 0 Å².